The fraction of sp³-hybridized carbons (Fsp3) is 0.304. The smallest absolute Gasteiger partial charge is 0.509 e. The molecule has 3 aromatic heterocycles. The van der Waals surface area contributed by atoms with Crippen LogP contribution in [0.25, 0.3) is 44.4 Å². The summed E-state index contributed by atoms with van der Waals surface area (Å²) in [4.78, 5) is 4.79. The van der Waals surface area contributed by atoms with E-state index in [-0.39, 0.29) is 26.5 Å². The first-order chi connectivity index (χ1) is 24.5. The summed E-state index contributed by atoms with van der Waals surface area (Å²) in [6.07, 6.45) is 5.93. The van der Waals surface area contributed by atoms with E-state index in [1.54, 1.807) is 0 Å². The van der Waals surface area contributed by atoms with Crippen LogP contribution in [0.5, 0.6) is 11.5 Å². The molecule has 0 aliphatic rings. The van der Waals surface area contributed by atoms with Gasteiger partial charge in [-0.05, 0) is 104 Å². The van der Waals surface area contributed by atoms with Gasteiger partial charge in [0.25, 0.3) is 0 Å². The number of fused-ring (bicyclic) bond motifs is 3. The Balaban J connectivity index is 0.00000464. The number of hydrogen-bond acceptors (Lipinski definition) is 3. The molecule has 0 fully saturated rings. The van der Waals surface area contributed by atoms with Crippen LogP contribution in [-0.2, 0) is 39.3 Å². The molecule has 7 rings (SSSR count). The average molecular weight is 868 g/mol. The second kappa shape index (κ2) is 14.9. The van der Waals surface area contributed by atoms with Crippen LogP contribution in [0.1, 0.15) is 86.7 Å². The second-order valence-electron chi connectivity index (χ2n) is 15.0. The van der Waals surface area contributed by atoms with Gasteiger partial charge in [0, 0.05) is 34.5 Å². The molecule has 0 aliphatic heterocycles. The second-order valence-corrected chi connectivity index (χ2v) is 15.0. The number of rotatable bonds is 9. The van der Waals surface area contributed by atoms with Gasteiger partial charge in [0.05, 0.1) is 5.69 Å². The summed E-state index contributed by atoms with van der Waals surface area (Å²) in [7, 11) is 0. The molecular formula is C46H48N4OPt. The molecule has 7 aromatic rings. The maximum atomic E-state index is 6.72. The molecule has 0 atom stereocenters. The normalized spacial score (nSPS) is 11.7. The quantitative estimate of drug-likeness (QED) is 0.136. The predicted molar refractivity (Wildman–Crippen MR) is 211 cm³/mol. The molecule has 0 unspecified atom stereocenters. The summed E-state index contributed by atoms with van der Waals surface area (Å²) >= 11 is 0. The van der Waals surface area contributed by atoms with Gasteiger partial charge < -0.3 is 9.30 Å². The minimum Gasteiger partial charge on any atom is -0.509 e. The Hall–Kier alpha value is -4.47. The molecule has 0 amide bonds. The molecule has 0 bridgehead atoms. The zero-order valence-electron chi connectivity index (χ0n) is 31.8. The Morgan fingerprint density at radius 1 is 0.788 bits per heavy atom. The van der Waals surface area contributed by atoms with Crippen molar-refractivity contribution in [3.05, 3.63) is 130 Å². The van der Waals surface area contributed by atoms with Crippen molar-refractivity contribution in [2.75, 3.05) is 0 Å². The van der Waals surface area contributed by atoms with E-state index in [9.17, 15) is 0 Å². The number of unbranched alkanes of at least 4 members (excludes halogenated alkanes) is 1. The van der Waals surface area contributed by atoms with E-state index in [2.05, 4.69) is 150 Å². The largest absolute Gasteiger partial charge is 2.00 e. The van der Waals surface area contributed by atoms with E-state index in [0.717, 1.165) is 70.3 Å². The number of para-hydroxylation sites is 1. The third-order valence-corrected chi connectivity index (χ3v) is 10.00. The van der Waals surface area contributed by atoms with Crippen LogP contribution in [0.3, 0.4) is 0 Å². The van der Waals surface area contributed by atoms with Gasteiger partial charge in [-0.25, -0.2) is 4.98 Å². The van der Waals surface area contributed by atoms with Crippen molar-refractivity contribution in [1.82, 2.24) is 19.3 Å². The molecule has 0 aliphatic carbocycles. The Kier molecular flexibility index (Phi) is 10.7. The topological polar surface area (TPSA) is 44.9 Å². The van der Waals surface area contributed by atoms with Crippen molar-refractivity contribution < 1.29 is 25.8 Å². The summed E-state index contributed by atoms with van der Waals surface area (Å²) in [5.74, 6) is 2.14. The van der Waals surface area contributed by atoms with Crippen LogP contribution >= 0.6 is 0 Å². The van der Waals surface area contributed by atoms with Crippen molar-refractivity contribution in [2.24, 2.45) is 0 Å². The van der Waals surface area contributed by atoms with Crippen LogP contribution in [0.15, 0.2) is 79.0 Å². The van der Waals surface area contributed by atoms with E-state index in [0.29, 0.717) is 11.5 Å². The van der Waals surface area contributed by atoms with Crippen LogP contribution in [0.4, 0.5) is 0 Å². The van der Waals surface area contributed by atoms with E-state index in [1.807, 2.05) is 12.3 Å². The molecule has 4 aromatic carbocycles. The Bertz CT molecular complexity index is 2390. The number of benzene rings is 4. The Morgan fingerprint density at radius 3 is 2.25 bits per heavy atom. The molecule has 0 saturated heterocycles. The minimum absolute atomic E-state index is 0. The molecule has 3 heterocycles. The molecule has 0 N–H and O–H groups in total. The summed E-state index contributed by atoms with van der Waals surface area (Å²) in [5.41, 5.74) is 13.8. The molecule has 0 spiro atoms. The predicted octanol–water partition coefficient (Wildman–Crippen LogP) is 11.9. The average Bonchev–Trinajstić information content (AvgIpc) is 3.60. The molecule has 52 heavy (non-hydrogen) atoms. The van der Waals surface area contributed by atoms with Gasteiger partial charge in [0.15, 0.2) is 0 Å². The van der Waals surface area contributed by atoms with Crippen molar-refractivity contribution in [3.8, 4) is 34.1 Å². The standard InChI is InChI=1S/C46H48N4O.Pt/c1-10-12-16-41-45(44-30(4)22-29(3)23-31(44)5)32(6)48-50(41)35-25-34(46(7,8)9)26-37(27-35)51-36-18-19-39-38-15-13-14-17-40(38)49(42(39)28-36)43-24-33(11-2)20-21-47-43;/h13-15,17-26H,10-12,16H2,1-9H3;/q-2;+2. The van der Waals surface area contributed by atoms with Crippen LogP contribution < -0.4 is 4.74 Å². The van der Waals surface area contributed by atoms with Crippen molar-refractivity contribution in [2.45, 2.75) is 93.4 Å². The third-order valence-electron chi connectivity index (χ3n) is 10.00. The monoisotopic (exact) mass is 867 g/mol. The number of aryl methyl sites for hydroxylation is 5. The van der Waals surface area contributed by atoms with Gasteiger partial charge >= 0.3 is 21.1 Å². The first kappa shape index (κ1) is 37.3. The van der Waals surface area contributed by atoms with E-state index < -0.39 is 0 Å². The number of aromatic nitrogens is 4. The van der Waals surface area contributed by atoms with E-state index >= 15 is 0 Å². The van der Waals surface area contributed by atoms with Crippen molar-refractivity contribution in [3.63, 3.8) is 0 Å². The van der Waals surface area contributed by atoms with Crippen molar-refractivity contribution in [1.29, 1.82) is 0 Å². The Labute approximate surface area is 323 Å². The summed E-state index contributed by atoms with van der Waals surface area (Å²) in [6, 6.07) is 33.0. The van der Waals surface area contributed by atoms with Gasteiger partial charge in [-0.15, -0.1) is 41.3 Å². The summed E-state index contributed by atoms with van der Waals surface area (Å²) in [5, 5.41) is 7.49. The van der Waals surface area contributed by atoms with E-state index in [4.69, 9.17) is 14.8 Å². The molecular weight excluding hydrogens is 820 g/mol. The van der Waals surface area contributed by atoms with Crippen LogP contribution in [0.2, 0.25) is 0 Å². The fourth-order valence-electron chi connectivity index (χ4n) is 7.47. The number of pyridine rings is 1. The van der Waals surface area contributed by atoms with Gasteiger partial charge in [-0.1, -0.05) is 82.5 Å². The molecule has 268 valence electrons. The SMILES string of the molecule is CCCCc1c(-c2c(C)cc(C)cc2C)c(C)nn1-c1[c-]c(Oc2[c-]c3c(cc2)c2ccccc2n3-c2cc(CC)ccn2)cc(C(C)(C)C)c1.[Pt+2]. The molecule has 5 nitrogen and oxygen atoms in total. The number of ether oxygens (including phenoxy) is 1. The summed E-state index contributed by atoms with van der Waals surface area (Å²) < 4.78 is 11.0. The Morgan fingerprint density at radius 2 is 1.54 bits per heavy atom. The van der Waals surface area contributed by atoms with Crippen LogP contribution in [-0.4, -0.2) is 19.3 Å². The maximum Gasteiger partial charge on any atom is 2.00 e. The summed E-state index contributed by atoms with van der Waals surface area (Å²) in [6.45, 7) is 19.9. The van der Waals surface area contributed by atoms with E-state index in [1.165, 1.54) is 39.1 Å². The fourth-order valence-corrected chi connectivity index (χ4v) is 7.47. The molecule has 6 heteroatoms. The third kappa shape index (κ3) is 7.00. The number of hydrogen-bond donors (Lipinski definition) is 0. The molecule has 0 saturated carbocycles. The van der Waals surface area contributed by atoms with Crippen LogP contribution in [0, 0.1) is 39.8 Å². The van der Waals surface area contributed by atoms with Crippen molar-refractivity contribution >= 4 is 21.8 Å². The van der Waals surface area contributed by atoms with Gasteiger partial charge in [-0.2, -0.15) is 11.2 Å². The minimum atomic E-state index is -0.128. The first-order valence-corrected chi connectivity index (χ1v) is 18.3. The zero-order valence-corrected chi connectivity index (χ0v) is 34.1. The van der Waals surface area contributed by atoms with Gasteiger partial charge in [0.2, 0.25) is 0 Å². The molecule has 0 radical (unpaired) electrons. The van der Waals surface area contributed by atoms with Gasteiger partial charge in [0.1, 0.15) is 5.82 Å². The first-order valence-electron chi connectivity index (χ1n) is 18.3. The zero-order chi connectivity index (χ0) is 36.0. The van der Waals surface area contributed by atoms with Gasteiger partial charge in [-0.3, -0.25) is 4.68 Å². The maximum absolute atomic E-state index is 6.72. The number of nitrogens with zero attached hydrogens (tertiary/aromatic N) is 4.